The lowest BCUT2D eigenvalue weighted by molar-refractivity contribution is 0.414. The summed E-state index contributed by atoms with van der Waals surface area (Å²) in [6.45, 7) is 3.41. The lowest BCUT2D eigenvalue weighted by atomic mass is 10.1. The number of aryl methyl sites for hydroxylation is 2. The minimum atomic E-state index is -0.273. The molecule has 0 aliphatic heterocycles. The van der Waals surface area contributed by atoms with E-state index in [1.54, 1.807) is 11.7 Å². The molecule has 0 saturated heterocycles. The number of benzene rings is 2. The van der Waals surface area contributed by atoms with Crippen molar-refractivity contribution in [3.63, 3.8) is 0 Å². The molecule has 5 rings (SSSR count). The van der Waals surface area contributed by atoms with Crippen LogP contribution in [0.25, 0.3) is 11.2 Å². The number of fused-ring (bicyclic) bond motifs is 1. The van der Waals surface area contributed by atoms with E-state index in [0.717, 1.165) is 35.5 Å². The maximum atomic E-state index is 13.8. The molecule has 7 heteroatoms. The van der Waals surface area contributed by atoms with E-state index >= 15 is 0 Å². The molecule has 0 atom stereocenters. The van der Waals surface area contributed by atoms with Crippen molar-refractivity contribution >= 4 is 11.2 Å². The number of nitrogens with zero attached hydrogens (tertiary/aromatic N) is 4. The van der Waals surface area contributed by atoms with Gasteiger partial charge in [0.25, 0.3) is 5.56 Å². The van der Waals surface area contributed by atoms with Crippen LogP contribution in [-0.4, -0.2) is 25.8 Å². The lowest BCUT2D eigenvalue weighted by Gasteiger charge is -2.14. The molecule has 0 bridgehead atoms. The van der Waals surface area contributed by atoms with Gasteiger partial charge in [0.15, 0.2) is 11.2 Å². The van der Waals surface area contributed by atoms with Crippen LogP contribution in [0.3, 0.4) is 0 Å². The number of hydrogen-bond acceptors (Lipinski definition) is 4. The van der Waals surface area contributed by atoms with Gasteiger partial charge in [-0.05, 0) is 48.9 Å². The molecule has 4 aromatic rings. The Morgan fingerprint density at radius 2 is 1.61 bits per heavy atom. The normalized spacial score (nSPS) is 14.1. The molecular weight excluding hydrogens is 452 g/mol. The van der Waals surface area contributed by atoms with Crippen LogP contribution in [0.1, 0.15) is 61.9 Å². The molecule has 0 spiro atoms. The van der Waals surface area contributed by atoms with Crippen molar-refractivity contribution in [1.29, 1.82) is 0 Å². The Hall–Kier alpha value is -3.61. The first kappa shape index (κ1) is 24.1. The number of methoxy groups -OCH3 is 1. The lowest BCUT2D eigenvalue weighted by Crippen LogP contribution is -2.41. The van der Waals surface area contributed by atoms with Crippen LogP contribution in [-0.2, 0) is 26.1 Å². The van der Waals surface area contributed by atoms with Gasteiger partial charge in [-0.2, -0.15) is 0 Å². The second-order valence-electron chi connectivity index (χ2n) is 9.68. The molecule has 7 nitrogen and oxygen atoms in total. The predicted octanol–water partition coefficient (Wildman–Crippen LogP) is 4.73. The average molecular weight is 487 g/mol. The van der Waals surface area contributed by atoms with Gasteiger partial charge in [-0.25, -0.2) is 9.78 Å². The second kappa shape index (κ2) is 10.6. The molecule has 36 heavy (non-hydrogen) atoms. The summed E-state index contributed by atoms with van der Waals surface area (Å²) in [5.41, 5.74) is 2.78. The van der Waals surface area contributed by atoms with Crippen LogP contribution in [0.2, 0.25) is 0 Å². The maximum Gasteiger partial charge on any atom is 0.332 e. The molecule has 0 N–H and O–H groups in total. The minimum absolute atomic E-state index is 0.231. The summed E-state index contributed by atoms with van der Waals surface area (Å²) in [6, 6.07) is 18.1. The summed E-state index contributed by atoms with van der Waals surface area (Å²) in [7, 11) is 1.65. The molecule has 1 aliphatic rings. The van der Waals surface area contributed by atoms with Crippen molar-refractivity contribution in [2.75, 3.05) is 7.11 Å². The van der Waals surface area contributed by atoms with Crippen molar-refractivity contribution in [3.05, 3.63) is 92.4 Å². The van der Waals surface area contributed by atoms with E-state index < -0.39 is 0 Å². The predicted molar refractivity (Wildman–Crippen MR) is 142 cm³/mol. The topological polar surface area (TPSA) is 71.1 Å². The Balaban J connectivity index is 1.66. The minimum Gasteiger partial charge on any atom is -0.497 e. The van der Waals surface area contributed by atoms with Gasteiger partial charge in [0.2, 0.25) is 0 Å². The van der Waals surface area contributed by atoms with Crippen LogP contribution in [0.5, 0.6) is 5.75 Å². The largest absolute Gasteiger partial charge is 0.497 e. The Labute approximate surface area is 211 Å². The molecule has 0 unspecified atom stereocenters. The number of imidazole rings is 1. The Morgan fingerprint density at radius 1 is 0.889 bits per heavy atom. The number of ether oxygens (including phenoxy) is 1. The number of hydrogen-bond donors (Lipinski definition) is 0. The zero-order valence-corrected chi connectivity index (χ0v) is 21.2. The standard InChI is InChI=1S/C29H34N4O3/c1-3-18-32-28(34)25-27(31(29(32)35)19-17-21-13-15-24(36-2)16-14-21)30-26(23-11-7-8-12-23)33(25)20-22-9-5-4-6-10-22/h4-6,9-10,13-16,23H,3,7-8,11-12,17-20H2,1-2H3. The maximum absolute atomic E-state index is 13.8. The first-order valence-electron chi connectivity index (χ1n) is 13.0. The van der Waals surface area contributed by atoms with E-state index in [1.165, 1.54) is 17.4 Å². The Morgan fingerprint density at radius 3 is 2.28 bits per heavy atom. The molecule has 1 aliphatic carbocycles. The molecule has 1 saturated carbocycles. The third-order valence-electron chi connectivity index (χ3n) is 7.28. The van der Waals surface area contributed by atoms with Gasteiger partial charge in [0, 0.05) is 25.6 Å². The summed E-state index contributed by atoms with van der Waals surface area (Å²) in [5, 5.41) is 0. The van der Waals surface area contributed by atoms with Gasteiger partial charge < -0.3 is 9.30 Å². The van der Waals surface area contributed by atoms with Gasteiger partial charge >= 0.3 is 5.69 Å². The fraction of sp³-hybridized carbons (Fsp3) is 0.414. The van der Waals surface area contributed by atoms with E-state index in [2.05, 4.69) is 16.7 Å². The fourth-order valence-electron chi connectivity index (χ4n) is 5.38. The Kier molecular flexibility index (Phi) is 7.07. The van der Waals surface area contributed by atoms with E-state index in [-0.39, 0.29) is 11.2 Å². The molecule has 0 radical (unpaired) electrons. The first-order chi connectivity index (χ1) is 17.6. The van der Waals surface area contributed by atoms with Crippen LogP contribution in [0.4, 0.5) is 0 Å². The molecule has 2 aromatic carbocycles. The smallest absolute Gasteiger partial charge is 0.332 e. The second-order valence-corrected chi connectivity index (χ2v) is 9.68. The molecule has 0 amide bonds. The summed E-state index contributed by atoms with van der Waals surface area (Å²) in [4.78, 5) is 32.4. The summed E-state index contributed by atoms with van der Waals surface area (Å²) in [5.74, 6) is 2.05. The number of aromatic nitrogens is 4. The first-order valence-corrected chi connectivity index (χ1v) is 13.0. The van der Waals surface area contributed by atoms with Gasteiger partial charge in [0.1, 0.15) is 11.6 Å². The molecule has 1 fully saturated rings. The van der Waals surface area contributed by atoms with E-state index in [4.69, 9.17) is 9.72 Å². The highest BCUT2D eigenvalue weighted by Crippen LogP contribution is 2.35. The van der Waals surface area contributed by atoms with Gasteiger partial charge in [-0.3, -0.25) is 13.9 Å². The highest BCUT2D eigenvalue weighted by atomic mass is 16.5. The van der Waals surface area contributed by atoms with Crippen molar-refractivity contribution in [1.82, 2.24) is 18.7 Å². The fourth-order valence-corrected chi connectivity index (χ4v) is 5.38. The highest BCUT2D eigenvalue weighted by molar-refractivity contribution is 5.71. The van der Waals surface area contributed by atoms with Crippen LogP contribution >= 0.6 is 0 Å². The Bertz CT molecular complexity index is 1440. The third-order valence-corrected chi connectivity index (χ3v) is 7.28. The summed E-state index contributed by atoms with van der Waals surface area (Å²) >= 11 is 0. The summed E-state index contributed by atoms with van der Waals surface area (Å²) < 4.78 is 10.5. The van der Waals surface area contributed by atoms with E-state index in [0.29, 0.717) is 49.6 Å². The highest BCUT2D eigenvalue weighted by Gasteiger charge is 2.27. The van der Waals surface area contributed by atoms with Gasteiger partial charge in [-0.15, -0.1) is 0 Å². The molecule has 2 aromatic heterocycles. The third kappa shape index (κ3) is 4.62. The summed E-state index contributed by atoms with van der Waals surface area (Å²) in [6.07, 6.45) is 5.84. The average Bonchev–Trinajstić information content (AvgIpc) is 3.56. The zero-order chi connectivity index (χ0) is 25.1. The SMILES string of the molecule is CCCn1c(=O)c2c(nc(C3CCCC3)n2Cc2ccccc2)n(CCc2ccc(OC)cc2)c1=O. The molecular formula is C29H34N4O3. The quantitative estimate of drug-likeness (QED) is 0.343. The molecule has 2 heterocycles. The van der Waals surface area contributed by atoms with Crippen molar-refractivity contribution in [3.8, 4) is 5.75 Å². The van der Waals surface area contributed by atoms with Crippen molar-refractivity contribution in [2.45, 2.75) is 71.0 Å². The van der Waals surface area contributed by atoms with Crippen LogP contribution < -0.4 is 16.0 Å². The van der Waals surface area contributed by atoms with Crippen LogP contribution in [0, 0.1) is 0 Å². The van der Waals surface area contributed by atoms with Gasteiger partial charge in [0.05, 0.1) is 7.11 Å². The van der Waals surface area contributed by atoms with Crippen molar-refractivity contribution in [2.24, 2.45) is 0 Å². The van der Waals surface area contributed by atoms with Gasteiger partial charge in [-0.1, -0.05) is 62.2 Å². The zero-order valence-electron chi connectivity index (χ0n) is 21.2. The van der Waals surface area contributed by atoms with E-state index in [1.807, 2.05) is 49.4 Å². The van der Waals surface area contributed by atoms with Crippen molar-refractivity contribution < 1.29 is 4.74 Å². The number of rotatable bonds is 9. The monoisotopic (exact) mass is 486 g/mol. The molecule has 188 valence electrons. The van der Waals surface area contributed by atoms with E-state index in [9.17, 15) is 9.59 Å². The van der Waals surface area contributed by atoms with Crippen LogP contribution in [0.15, 0.2) is 64.2 Å².